The zero-order valence-corrected chi connectivity index (χ0v) is 13.7. The third-order valence-electron chi connectivity index (χ3n) is 4.34. The number of esters is 1. The van der Waals surface area contributed by atoms with Crippen molar-refractivity contribution >= 4 is 22.8 Å². The van der Waals surface area contributed by atoms with E-state index in [0.717, 1.165) is 31.3 Å². The number of ether oxygens (including phenoxy) is 1. The number of furan rings is 1. The fourth-order valence-electron chi connectivity index (χ4n) is 3.06. The Morgan fingerprint density at radius 3 is 3.04 bits per heavy atom. The number of benzene rings is 1. The van der Waals surface area contributed by atoms with E-state index in [1.807, 2.05) is 0 Å². The quantitative estimate of drug-likeness (QED) is 0.871. The first kappa shape index (κ1) is 16.4. The zero-order chi connectivity index (χ0) is 17.1. The summed E-state index contributed by atoms with van der Waals surface area (Å²) in [7, 11) is 0. The molecule has 3 rings (SSSR count). The highest BCUT2D eigenvalue weighted by molar-refractivity contribution is 5.87. The lowest BCUT2D eigenvalue weighted by atomic mass is 10.0. The third-order valence-corrected chi connectivity index (χ3v) is 4.34. The van der Waals surface area contributed by atoms with Crippen LogP contribution in [0, 0.1) is 5.92 Å². The molecule has 1 amide bonds. The molecule has 1 aliphatic heterocycles. The molecular formula is C18H21NO5. The Morgan fingerprint density at radius 2 is 2.25 bits per heavy atom. The van der Waals surface area contributed by atoms with Gasteiger partial charge in [0.15, 0.2) is 6.61 Å². The van der Waals surface area contributed by atoms with Crippen LogP contribution in [0.25, 0.3) is 11.0 Å². The standard InChI is InChI=1S/C18H21NO5/c1-12-3-2-6-19(9-12)17(21)11-24-18(22)7-13-10-23-16-8-14(20)4-5-15(13)16/h4-5,8,10,12,20H,2-3,6-7,9,11H2,1H3/t12-/m1/s1. The van der Waals surface area contributed by atoms with Crippen LogP contribution >= 0.6 is 0 Å². The predicted molar refractivity (Wildman–Crippen MR) is 87.5 cm³/mol. The van der Waals surface area contributed by atoms with Crippen LogP contribution in [0.2, 0.25) is 0 Å². The minimum absolute atomic E-state index is 0.0292. The second kappa shape index (κ2) is 6.95. The first-order valence-corrected chi connectivity index (χ1v) is 8.15. The largest absolute Gasteiger partial charge is 0.508 e. The van der Waals surface area contributed by atoms with Gasteiger partial charge in [0.1, 0.15) is 11.3 Å². The number of piperidine rings is 1. The number of rotatable bonds is 4. The highest BCUT2D eigenvalue weighted by Gasteiger charge is 2.22. The van der Waals surface area contributed by atoms with Crippen molar-refractivity contribution in [1.29, 1.82) is 0 Å². The van der Waals surface area contributed by atoms with Gasteiger partial charge in [0.05, 0.1) is 12.7 Å². The molecule has 1 aromatic carbocycles. The first-order valence-electron chi connectivity index (χ1n) is 8.15. The molecule has 0 bridgehead atoms. The summed E-state index contributed by atoms with van der Waals surface area (Å²) in [5.41, 5.74) is 1.19. The maximum Gasteiger partial charge on any atom is 0.310 e. The third kappa shape index (κ3) is 3.69. The van der Waals surface area contributed by atoms with Gasteiger partial charge in [-0.2, -0.15) is 0 Å². The molecule has 1 aliphatic rings. The van der Waals surface area contributed by atoms with Gasteiger partial charge in [-0.3, -0.25) is 9.59 Å². The van der Waals surface area contributed by atoms with E-state index >= 15 is 0 Å². The minimum Gasteiger partial charge on any atom is -0.508 e. The van der Waals surface area contributed by atoms with Crippen LogP contribution in [0.5, 0.6) is 5.75 Å². The summed E-state index contributed by atoms with van der Waals surface area (Å²) < 4.78 is 10.4. The van der Waals surface area contributed by atoms with Crippen molar-refractivity contribution in [3.05, 3.63) is 30.0 Å². The number of aromatic hydroxyl groups is 1. The molecule has 1 atom stereocenters. The topological polar surface area (TPSA) is 80.0 Å². The molecule has 6 nitrogen and oxygen atoms in total. The van der Waals surface area contributed by atoms with E-state index in [1.54, 1.807) is 11.0 Å². The smallest absolute Gasteiger partial charge is 0.310 e. The highest BCUT2D eigenvalue weighted by Crippen LogP contribution is 2.25. The molecule has 0 spiro atoms. The lowest BCUT2D eigenvalue weighted by molar-refractivity contribution is -0.152. The maximum absolute atomic E-state index is 12.1. The molecule has 24 heavy (non-hydrogen) atoms. The molecule has 2 heterocycles. The van der Waals surface area contributed by atoms with E-state index in [0.29, 0.717) is 17.1 Å². The molecule has 0 saturated carbocycles. The van der Waals surface area contributed by atoms with E-state index in [-0.39, 0.29) is 24.7 Å². The Bertz CT molecular complexity index is 751. The Morgan fingerprint density at radius 1 is 1.42 bits per heavy atom. The summed E-state index contributed by atoms with van der Waals surface area (Å²) in [4.78, 5) is 25.9. The number of amides is 1. The van der Waals surface area contributed by atoms with Gasteiger partial charge in [-0.05, 0) is 30.9 Å². The van der Waals surface area contributed by atoms with Gasteiger partial charge in [-0.1, -0.05) is 6.92 Å². The van der Waals surface area contributed by atoms with Crippen LogP contribution in [-0.4, -0.2) is 41.6 Å². The molecule has 1 fully saturated rings. The van der Waals surface area contributed by atoms with E-state index in [1.165, 1.54) is 18.4 Å². The van der Waals surface area contributed by atoms with Crippen LogP contribution in [0.4, 0.5) is 0 Å². The maximum atomic E-state index is 12.1. The monoisotopic (exact) mass is 331 g/mol. The number of carbonyl (C=O) groups excluding carboxylic acids is 2. The molecule has 128 valence electrons. The fourth-order valence-corrected chi connectivity index (χ4v) is 3.06. The van der Waals surface area contributed by atoms with Gasteiger partial charge in [0, 0.05) is 30.1 Å². The van der Waals surface area contributed by atoms with Gasteiger partial charge in [-0.25, -0.2) is 0 Å². The molecule has 6 heteroatoms. The Balaban J connectivity index is 1.54. The lowest BCUT2D eigenvalue weighted by Gasteiger charge is -2.30. The van der Waals surface area contributed by atoms with Crippen molar-refractivity contribution in [3.63, 3.8) is 0 Å². The Hall–Kier alpha value is -2.50. The average Bonchev–Trinajstić information content (AvgIpc) is 2.94. The summed E-state index contributed by atoms with van der Waals surface area (Å²) in [6.07, 6.45) is 3.63. The Kier molecular flexibility index (Phi) is 4.74. The molecule has 1 N–H and O–H groups in total. The van der Waals surface area contributed by atoms with Gasteiger partial charge in [-0.15, -0.1) is 0 Å². The number of hydrogen-bond donors (Lipinski definition) is 1. The van der Waals surface area contributed by atoms with Gasteiger partial charge < -0.3 is 19.2 Å². The molecular weight excluding hydrogens is 310 g/mol. The highest BCUT2D eigenvalue weighted by atomic mass is 16.5. The number of fused-ring (bicyclic) bond motifs is 1. The van der Waals surface area contributed by atoms with E-state index in [2.05, 4.69) is 6.92 Å². The summed E-state index contributed by atoms with van der Waals surface area (Å²) in [6, 6.07) is 4.72. The van der Waals surface area contributed by atoms with Crippen LogP contribution in [0.1, 0.15) is 25.3 Å². The summed E-state index contributed by atoms with van der Waals surface area (Å²) in [5.74, 6) is -0.0134. The van der Waals surface area contributed by atoms with Crippen LogP contribution in [0.15, 0.2) is 28.9 Å². The molecule has 2 aromatic rings. The summed E-state index contributed by atoms with van der Waals surface area (Å²) in [5, 5.41) is 10.2. The van der Waals surface area contributed by atoms with Crippen LogP contribution < -0.4 is 0 Å². The number of phenolic OH excluding ortho intramolecular Hbond substituents is 1. The number of nitrogens with zero attached hydrogens (tertiary/aromatic N) is 1. The molecule has 0 radical (unpaired) electrons. The van der Waals surface area contributed by atoms with Crippen molar-refractivity contribution < 1.29 is 23.8 Å². The Labute approximate surface area is 140 Å². The molecule has 0 unspecified atom stereocenters. The zero-order valence-electron chi connectivity index (χ0n) is 13.7. The average molecular weight is 331 g/mol. The summed E-state index contributed by atoms with van der Waals surface area (Å²) in [6.45, 7) is 3.36. The number of phenols is 1. The van der Waals surface area contributed by atoms with Gasteiger partial charge >= 0.3 is 5.97 Å². The summed E-state index contributed by atoms with van der Waals surface area (Å²) >= 11 is 0. The molecule has 0 aliphatic carbocycles. The van der Waals surface area contributed by atoms with Gasteiger partial charge in [0.2, 0.25) is 0 Å². The van der Waals surface area contributed by atoms with E-state index in [9.17, 15) is 14.7 Å². The minimum atomic E-state index is -0.468. The second-order valence-corrected chi connectivity index (χ2v) is 6.37. The number of likely N-dealkylation sites (tertiary alicyclic amines) is 1. The molecule has 1 saturated heterocycles. The lowest BCUT2D eigenvalue weighted by Crippen LogP contribution is -2.41. The SMILES string of the molecule is C[C@@H]1CCCN(C(=O)COC(=O)Cc2coc3cc(O)ccc23)C1. The van der Waals surface area contributed by atoms with Gasteiger partial charge in [0.25, 0.3) is 5.91 Å². The van der Waals surface area contributed by atoms with Crippen molar-refractivity contribution in [3.8, 4) is 5.75 Å². The number of carbonyl (C=O) groups is 2. The molecule has 1 aromatic heterocycles. The second-order valence-electron chi connectivity index (χ2n) is 6.37. The van der Waals surface area contributed by atoms with Crippen molar-refractivity contribution in [1.82, 2.24) is 4.90 Å². The van der Waals surface area contributed by atoms with Crippen molar-refractivity contribution in [2.45, 2.75) is 26.2 Å². The van der Waals surface area contributed by atoms with Crippen molar-refractivity contribution in [2.24, 2.45) is 5.92 Å². The van der Waals surface area contributed by atoms with Crippen LogP contribution in [0.3, 0.4) is 0 Å². The van der Waals surface area contributed by atoms with E-state index < -0.39 is 5.97 Å². The fraction of sp³-hybridized carbons (Fsp3) is 0.444. The van der Waals surface area contributed by atoms with E-state index in [4.69, 9.17) is 9.15 Å². The van der Waals surface area contributed by atoms with Crippen LogP contribution in [-0.2, 0) is 20.7 Å². The first-order chi connectivity index (χ1) is 11.5. The van der Waals surface area contributed by atoms with Crippen molar-refractivity contribution in [2.75, 3.05) is 19.7 Å². The normalized spacial score (nSPS) is 17.9. The predicted octanol–water partition coefficient (Wildman–Crippen LogP) is 2.48. The number of hydrogen-bond acceptors (Lipinski definition) is 5.